The number of rotatable bonds is 2. The lowest BCUT2D eigenvalue weighted by atomic mass is 10.3. The van der Waals surface area contributed by atoms with E-state index in [1.807, 2.05) is 12.1 Å². The summed E-state index contributed by atoms with van der Waals surface area (Å²) < 4.78 is 0. The molecule has 0 saturated carbocycles. The van der Waals surface area contributed by atoms with Gasteiger partial charge in [-0.3, -0.25) is 4.98 Å². The second kappa shape index (κ2) is 4.15. The normalized spacial score (nSPS) is 10.7. The van der Waals surface area contributed by atoms with Gasteiger partial charge in [0.15, 0.2) is 5.65 Å². The minimum atomic E-state index is -0.453. The minimum Gasteiger partial charge on any atom is -0.340 e. The van der Waals surface area contributed by atoms with Crippen LogP contribution in [0.2, 0.25) is 5.02 Å². The Kier molecular flexibility index (Phi) is 2.49. The van der Waals surface area contributed by atoms with Crippen molar-refractivity contribution in [1.82, 2.24) is 19.9 Å². The number of aromatic nitrogens is 4. The van der Waals surface area contributed by atoms with Crippen LogP contribution in [0.15, 0.2) is 35.4 Å². The monoisotopic (exact) mass is 261 g/mol. The maximum absolute atomic E-state index is 11.4. The Bertz CT molecular complexity index is 746. The van der Waals surface area contributed by atoms with Crippen LogP contribution in [-0.4, -0.2) is 19.9 Å². The highest BCUT2D eigenvalue weighted by molar-refractivity contribution is 6.30. The smallest absolute Gasteiger partial charge is 0.340 e. The summed E-state index contributed by atoms with van der Waals surface area (Å²) in [4.78, 5) is 24.6. The van der Waals surface area contributed by atoms with E-state index in [4.69, 9.17) is 11.6 Å². The number of fused-ring (bicyclic) bond motifs is 1. The van der Waals surface area contributed by atoms with Crippen LogP contribution in [0.5, 0.6) is 0 Å². The molecule has 7 heteroatoms. The van der Waals surface area contributed by atoms with Gasteiger partial charge in [0, 0.05) is 10.7 Å². The average molecular weight is 262 g/mol. The van der Waals surface area contributed by atoms with Gasteiger partial charge in [0.2, 0.25) is 0 Å². The number of nitrogens with one attached hydrogen (secondary N) is 3. The van der Waals surface area contributed by atoms with Crippen molar-refractivity contribution in [1.29, 1.82) is 0 Å². The van der Waals surface area contributed by atoms with Gasteiger partial charge in [-0.05, 0) is 24.3 Å². The Morgan fingerprint density at radius 3 is 2.78 bits per heavy atom. The minimum absolute atomic E-state index is 0.371. The first-order valence-corrected chi connectivity index (χ1v) is 5.56. The van der Waals surface area contributed by atoms with Crippen molar-refractivity contribution < 1.29 is 0 Å². The fourth-order valence-electron chi connectivity index (χ4n) is 1.62. The molecule has 90 valence electrons. The maximum atomic E-state index is 11.4. The van der Waals surface area contributed by atoms with Crippen molar-refractivity contribution in [3.05, 3.63) is 46.1 Å². The van der Waals surface area contributed by atoms with Crippen molar-refractivity contribution >= 4 is 34.3 Å². The number of nitrogens with zero attached hydrogens (tertiary/aromatic N) is 2. The van der Waals surface area contributed by atoms with Gasteiger partial charge in [0.05, 0.1) is 6.33 Å². The van der Waals surface area contributed by atoms with Gasteiger partial charge in [-0.2, -0.15) is 4.98 Å². The zero-order chi connectivity index (χ0) is 12.5. The zero-order valence-electron chi connectivity index (χ0n) is 9.07. The Hall–Kier alpha value is -2.34. The van der Waals surface area contributed by atoms with E-state index in [9.17, 15) is 4.79 Å². The van der Waals surface area contributed by atoms with Crippen molar-refractivity contribution in [2.75, 3.05) is 5.32 Å². The van der Waals surface area contributed by atoms with E-state index in [2.05, 4.69) is 25.3 Å². The molecule has 0 unspecified atom stereocenters. The Labute approximate surface area is 106 Å². The van der Waals surface area contributed by atoms with Crippen LogP contribution in [0.3, 0.4) is 0 Å². The number of imidazole rings is 1. The first kappa shape index (κ1) is 10.8. The second-order valence-electron chi connectivity index (χ2n) is 3.65. The summed E-state index contributed by atoms with van der Waals surface area (Å²) in [5, 5.41) is 3.72. The van der Waals surface area contributed by atoms with Crippen LogP contribution in [0.4, 0.5) is 11.5 Å². The van der Waals surface area contributed by atoms with Gasteiger partial charge in [-0.25, -0.2) is 9.78 Å². The SMILES string of the molecule is O=c1nc2nc[nH]c2c(Nc2ccc(Cl)cc2)[nH]1. The molecule has 3 aromatic rings. The fraction of sp³-hybridized carbons (Fsp3) is 0. The number of aromatic amines is 2. The highest BCUT2D eigenvalue weighted by atomic mass is 35.5. The third kappa shape index (κ3) is 1.93. The number of hydrogen-bond acceptors (Lipinski definition) is 4. The maximum Gasteiger partial charge on any atom is 0.348 e. The highest BCUT2D eigenvalue weighted by Crippen LogP contribution is 2.20. The number of hydrogen-bond donors (Lipinski definition) is 3. The largest absolute Gasteiger partial charge is 0.348 e. The Balaban J connectivity index is 2.06. The summed E-state index contributed by atoms with van der Waals surface area (Å²) in [6.45, 7) is 0. The molecule has 0 aliphatic rings. The van der Waals surface area contributed by atoms with E-state index < -0.39 is 5.69 Å². The molecule has 0 amide bonds. The molecule has 2 aromatic heterocycles. The third-order valence-electron chi connectivity index (χ3n) is 2.42. The third-order valence-corrected chi connectivity index (χ3v) is 2.67. The molecular weight excluding hydrogens is 254 g/mol. The predicted molar refractivity (Wildman–Crippen MR) is 69.2 cm³/mol. The zero-order valence-corrected chi connectivity index (χ0v) is 9.82. The molecule has 0 aliphatic heterocycles. The van der Waals surface area contributed by atoms with Crippen molar-refractivity contribution in [2.45, 2.75) is 0 Å². The van der Waals surface area contributed by atoms with Gasteiger partial charge in [-0.15, -0.1) is 0 Å². The lowest BCUT2D eigenvalue weighted by Gasteiger charge is -2.06. The standard InChI is InChI=1S/C11H8ClN5O/c12-6-1-3-7(4-2-6)15-10-8-9(14-5-13-8)16-11(18)17-10/h1-5H,(H3,13,14,15,16,17,18). The van der Waals surface area contributed by atoms with E-state index in [0.29, 0.717) is 22.0 Å². The van der Waals surface area contributed by atoms with E-state index >= 15 is 0 Å². The molecule has 0 radical (unpaired) electrons. The van der Waals surface area contributed by atoms with E-state index in [0.717, 1.165) is 5.69 Å². The van der Waals surface area contributed by atoms with Crippen LogP contribution in [0.1, 0.15) is 0 Å². The molecule has 0 saturated heterocycles. The molecule has 0 atom stereocenters. The molecule has 0 fully saturated rings. The molecule has 0 spiro atoms. The van der Waals surface area contributed by atoms with Crippen LogP contribution in [-0.2, 0) is 0 Å². The van der Waals surface area contributed by atoms with Gasteiger partial charge in [0.1, 0.15) is 11.3 Å². The van der Waals surface area contributed by atoms with Crippen molar-refractivity contribution in [2.24, 2.45) is 0 Å². The topological polar surface area (TPSA) is 86.5 Å². The van der Waals surface area contributed by atoms with E-state index in [1.54, 1.807) is 12.1 Å². The lowest BCUT2D eigenvalue weighted by molar-refractivity contribution is 1.11. The van der Waals surface area contributed by atoms with E-state index in [1.165, 1.54) is 6.33 Å². The predicted octanol–water partition coefficient (Wildman–Crippen LogP) is 2.04. The fourth-order valence-corrected chi connectivity index (χ4v) is 1.75. The molecule has 6 nitrogen and oxygen atoms in total. The summed E-state index contributed by atoms with van der Waals surface area (Å²) >= 11 is 5.81. The summed E-state index contributed by atoms with van der Waals surface area (Å²) in [5.41, 5.74) is 1.36. The molecule has 1 aromatic carbocycles. The molecule has 18 heavy (non-hydrogen) atoms. The van der Waals surface area contributed by atoms with E-state index in [-0.39, 0.29) is 0 Å². The van der Waals surface area contributed by atoms with Crippen molar-refractivity contribution in [3.8, 4) is 0 Å². The first-order chi connectivity index (χ1) is 8.72. The quantitative estimate of drug-likeness (QED) is 0.659. The van der Waals surface area contributed by atoms with Crippen LogP contribution >= 0.6 is 11.6 Å². The van der Waals surface area contributed by atoms with Gasteiger partial charge < -0.3 is 10.3 Å². The molecule has 0 bridgehead atoms. The molecule has 0 aliphatic carbocycles. The number of halogens is 1. The second-order valence-corrected chi connectivity index (χ2v) is 4.09. The molecule has 2 heterocycles. The summed E-state index contributed by atoms with van der Waals surface area (Å²) in [6, 6.07) is 7.13. The number of anilines is 2. The summed E-state index contributed by atoms with van der Waals surface area (Å²) in [6.07, 6.45) is 1.48. The van der Waals surface area contributed by atoms with Gasteiger partial charge >= 0.3 is 5.69 Å². The number of benzene rings is 1. The lowest BCUT2D eigenvalue weighted by Crippen LogP contribution is -2.12. The molecule has 3 N–H and O–H groups in total. The highest BCUT2D eigenvalue weighted by Gasteiger charge is 2.06. The van der Waals surface area contributed by atoms with Crippen LogP contribution in [0.25, 0.3) is 11.2 Å². The summed E-state index contributed by atoms with van der Waals surface area (Å²) in [7, 11) is 0. The number of H-pyrrole nitrogens is 2. The summed E-state index contributed by atoms with van der Waals surface area (Å²) in [5.74, 6) is 0.518. The van der Waals surface area contributed by atoms with Crippen LogP contribution < -0.4 is 11.0 Å². The van der Waals surface area contributed by atoms with Crippen LogP contribution in [0, 0.1) is 0 Å². The van der Waals surface area contributed by atoms with Crippen molar-refractivity contribution in [3.63, 3.8) is 0 Å². The van der Waals surface area contributed by atoms with Gasteiger partial charge in [0.25, 0.3) is 0 Å². The average Bonchev–Trinajstić information content (AvgIpc) is 2.80. The molecule has 3 rings (SSSR count). The first-order valence-electron chi connectivity index (χ1n) is 5.18. The molecular formula is C11H8ClN5O. The van der Waals surface area contributed by atoms with Gasteiger partial charge in [-0.1, -0.05) is 11.6 Å². The Morgan fingerprint density at radius 1 is 1.22 bits per heavy atom. The Morgan fingerprint density at radius 2 is 2.00 bits per heavy atom.